The van der Waals surface area contributed by atoms with E-state index in [1.807, 2.05) is 25.3 Å². The maximum Gasteiger partial charge on any atom is 0.419 e. The minimum absolute atomic E-state index is 0.221. The lowest BCUT2D eigenvalue weighted by Crippen LogP contribution is -2.36. The number of benzene rings is 2. The summed E-state index contributed by atoms with van der Waals surface area (Å²) in [6, 6.07) is 4.17. The number of halogens is 2. The van der Waals surface area contributed by atoms with E-state index in [0.29, 0.717) is 45.1 Å². The van der Waals surface area contributed by atoms with Crippen LogP contribution in [0.1, 0.15) is 76.2 Å². The van der Waals surface area contributed by atoms with Crippen LogP contribution in [0.5, 0.6) is 0 Å². The first-order valence-corrected chi connectivity index (χ1v) is 12.9. The number of carbonyl (C=O) groups is 1. The van der Waals surface area contributed by atoms with Gasteiger partial charge in [0.2, 0.25) is 0 Å². The van der Waals surface area contributed by atoms with Gasteiger partial charge in [0, 0.05) is 22.7 Å². The summed E-state index contributed by atoms with van der Waals surface area (Å²) >= 11 is 0. The molecule has 4 aromatic rings. The molecule has 1 saturated carbocycles. The van der Waals surface area contributed by atoms with Crippen molar-refractivity contribution in [1.29, 1.82) is 0 Å². The number of nitrogens with zero attached hydrogens (tertiary/aromatic N) is 4. The molecule has 1 aliphatic carbocycles. The SMILES string of the molecule is Cc1c(-c2cc(F)cc3c(C4CC4)cn(C(=O)OC(C)(C)C)c23)c(F)cc2c1-n1c(C)nnc1C(C)(C)N2. The van der Waals surface area contributed by atoms with Gasteiger partial charge in [-0.2, -0.15) is 0 Å². The van der Waals surface area contributed by atoms with Gasteiger partial charge in [0.1, 0.15) is 23.1 Å². The third kappa shape index (κ3) is 3.70. The summed E-state index contributed by atoms with van der Waals surface area (Å²) in [6.45, 7) is 12.9. The summed E-state index contributed by atoms with van der Waals surface area (Å²) < 4.78 is 40.3. The van der Waals surface area contributed by atoms with Gasteiger partial charge in [0.15, 0.2) is 5.82 Å². The van der Waals surface area contributed by atoms with E-state index < -0.39 is 28.9 Å². The van der Waals surface area contributed by atoms with Crippen molar-refractivity contribution in [2.75, 3.05) is 5.32 Å². The highest BCUT2D eigenvalue weighted by molar-refractivity contribution is 6.03. The molecule has 2 aromatic heterocycles. The van der Waals surface area contributed by atoms with Gasteiger partial charge in [0.25, 0.3) is 0 Å². The van der Waals surface area contributed by atoms with Crippen LogP contribution in [0.2, 0.25) is 0 Å². The van der Waals surface area contributed by atoms with Crippen molar-refractivity contribution in [2.45, 2.75) is 78.4 Å². The highest BCUT2D eigenvalue weighted by Gasteiger charge is 2.37. The normalized spacial score (nSPS) is 16.2. The van der Waals surface area contributed by atoms with Crippen molar-refractivity contribution in [2.24, 2.45) is 0 Å². The monoisotopic (exact) mass is 519 g/mol. The first kappa shape index (κ1) is 24.6. The van der Waals surface area contributed by atoms with Crippen LogP contribution in [0.15, 0.2) is 24.4 Å². The van der Waals surface area contributed by atoms with Crippen molar-refractivity contribution in [3.05, 3.63) is 58.8 Å². The number of rotatable bonds is 2. The zero-order chi connectivity index (χ0) is 27.3. The predicted octanol–water partition coefficient (Wildman–Crippen LogP) is 7.11. The zero-order valence-electron chi connectivity index (χ0n) is 22.7. The van der Waals surface area contributed by atoms with E-state index in [1.165, 1.54) is 22.8 Å². The van der Waals surface area contributed by atoms with Crippen LogP contribution in [-0.2, 0) is 10.3 Å². The molecule has 1 fully saturated rings. The fourth-order valence-corrected chi connectivity index (χ4v) is 5.63. The topological polar surface area (TPSA) is 74.0 Å². The molecule has 0 bridgehead atoms. The molecular weight excluding hydrogens is 488 g/mol. The van der Waals surface area contributed by atoms with E-state index in [1.54, 1.807) is 33.9 Å². The molecule has 198 valence electrons. The number of ether oxygens (including phenoxy) is 1. The fraction of sp³-hybridized carbons (Fsp3) is 0.414. The summed E-state index contributed by atoms with van der Waals surface area (Å²) in [7, 11) is 0. The Balaban J connectivity index is 1.66. The maximum absolute atomic E-state index is 16.1. The Labute approximate surface area is 219 Å². The molecule has 6 rings (SSSR count). The Kier molecular flexibility index (Phi) is 5.10. The third-order valence-corrected chi connectivity index (χ3v) is 7.32. The Hall–Kier alpha value is -3.75. The van der Waals surface area contributed by atoms with Gasteiger partial charge in [-0.3, -0.25) is 9.13 Å². The average Bonchev–Trinajstić information content (AvgIpc) is 3.44. The van der Waals surface area contributed by atoms with E-state index in [-0.39, 0.29) is 11.5 Å². The smallest absolute Gasteiger partial charge is 0.419 e. The molecule has 2 aromatic carbocycles. The van der Waals surface area contributed by atoms with Crippen molar-refractivity contribution in [3.8, 4) is 16.8 Å². The first-order chi connectivity index (χ1) is 17.8. The number of anilines is 1. The quantitative estimate of drug-likeness (QED) is 0.306. The molecule has 1 N–H and O–H groups in total. The van der Waals surface area contributed by atoms with Gasteiger partial charge in [-0.15, -0.1) is 10.2 Å². The van der Waals surface area contributed by atoms with Gasteiger partial charge >= 0.3 is 6.09 Å². The number of hydrogen-bond acceptors (Lipinski definition) is 5. The van der Waals surface area contributed by atoms with Crippen molar-refractivity contribution < 1.29 is 18.3 Å². The predicted molar refractivity (Wildman–Crippen MR) is 142 cm³/mol. The number of fused-ring (bicyclic) bond motifs is 4. The van der Waals surface area contributed by atoms with Crippen LogP contribution in [0, 0.1) is 25.5 Å². The highest BCUT2D eigenvalue weighted by Crippen LogP contribution is 2.48. The second-order valence-corrected chi connectivity index (χ2v) is 12.0. The molecule has 0 atom stereocenters. The van der Waals surface area contributed by atoms with Crippen molar-refractivity contribution in [3.63, 3.8) is 0 Å². The number of aryl methyl sites for hydroxylation is 1. The van der Waals surface area contributed by atoms with Crippen LogP contribution < -0.4 is 5.32 Å². The van der Waals surface area contributed by atoms with Crippen LogP contribution in [-0.4, -0.2) is 31.0 Å². The summed E-state index contributed by atoms with van der Waals surface area (Å²) in [6.07, 6.45) is 3.07. The molecule has 1 aliphatic heterocycles. The van der Waals surface area contributed by atoms with Crippen molar-refractivity contribution in [1.82, 2.24) is 19.3 Å². The molecule has 0 amide bonds. The largest absolute Gasteiger partial charge is 0.443 e. The van der Waals surface area contributed by atoms with E-state index in [4.69, 9.17) is 4.74 Å². The lowest BCUT2D eigenvalue weighted by molar-refractivity contribution is 0.0544. The maximum atomic E-state index is 16.1. The Bertz CT molecular complexity index is 1650. The summed E-state index contributed by atoms with van der Waals surface area (Å²) in [5.41, 5.74) is 2.41. The third-order valence-electron chi connectivity index (χ3n) is 7.32. The Morgan fingerprint density at radius 3 is 2.50 bits per heavy atom. The van der Waals surface area contributed by atoms with E-state index in [0.717, 1.165) is 18.4 Å². The average molecular weight is 520 g/mol. The number of carbonyl (C=O) groups excluding carboxylic acids is 1. The summed E-state index contributed by atoms with van der Waals surface area (Å²) in [5.74, 6) is 0.581. The number of nitrogens with one attached hydrogen (secondary N) is 1. The minimum atomic E-state index is -0.735. The van der Waals surface area contributed by atoms with Gasteiger partial charge < -0.3 is 10.1 Å². The molecule has 7 nitrogen and oxygen atoms in total. The summed E-state index contributed by atoms with van der Waals surface area (Å²) in [5, 5.41) is 12.6. The van der Waals surface area contributed by atoms with Crippen LogP contribution in [0.4, 0.5) is 19.3 Å². The lowest BCUT2D eigenvalue weighted by Gasteiger charge is -2.35. The lowest BCUT2D eigenvalue weighted by atomic mass is 9.92. The summed E-state index contributed by atoms with van der Waals surface area (Å²) in [4.78, 5) is 13.4. The molecule has 2 aliphatic rings. The van der Waals surface area contributed by atoms with Crippen LogP contribution in [0.25, 0.3) is 27.7 Å². The molecule has 0 saturated heterocycles. The molecule has 9 heteroatoms. The van der Waals surface area contributed by atoms with Crippen LogP contribution >= 0.6 is 0 Å². The molecule has 38 heavy (non-hydrogen) atoms. The fourth-order valence-electron chi connectivity index (χ4n) is 5.63. The number of hydrogen-bond donors (Lipinski definition) is 1. The first-order valence-electron chi connectivity index (χ1n) is 12.9. The minimum Gasteiger partial charge on any atom is -0.443 e. The molecule has 0 unspecified atom stereocenters. The van der Waals surface area contributed by atoms with Crippen LogP contribution in [0.3, 0.4) is 0 Å². The Morgan fingerprint density at radius 1 is 1.13 bits per heavy atom. The molecule has 0 radical (unpaired) electrons. The van der Waals surface area contributed by atoms with E-state index in [9.17, 15) is 4.79 Å². The molecule has 3 heterocycles. The number of aromatic nitrogens is 4. The van der Waals surface area contributed by atoms with E-state index >= 15 is 8.78 Å². The van der Waals surface area contributed by atoms with Crippen molar-refractivity contribution >= 4 is 22.7 Å². The highest BCUT2D eigenvalue weighted by atomic mass is 19.1. The van der Waals surface area contributed by atoms with Gasteiger partial charge in [0.05, 0.1) is 22.4 Å². The molecular formula is C29H31F2N5O2. The van der Waals surface area contributed by atoms with Gasteiger partial charge in [-0.1, -0.05) is 0 Å². The van der Waals surface area contributed by atoms with E-state index in [2.05, 4.69) is 15.5 Å². The van der Waals surface area contributed by atoms with Gasteiger partial charge in [-0.05, 0) is 96.6 Å². The molecule has 0 spiro atoms. The van der Waals surface area contributed by atoms with Gasteiger partial charge in [-0.25, -0.2) is 13.6 Å². The Morgan fingerprint density at radius 2 is 1.84 bits per heavy atom. The second kappa shape index (κ2) is 7.88. The zero-order valence-corrected chi connectivity index (χ0v) is 22.7. The standard InChI is InChI=1S/C29H31F2N5O2/c1-14-23(21(31)12-22-24(14)36-15(2)33-34-26(36)29(6,7)32-22)19-11-17(30)10-18-20(16-8-9-16)13-35(25(18)19)27(37)38-28(3,4)5/h10-13,16,32H,8-9H2,1-7H3. The second-order valence-electron chi connectivity index (χ2n) is 12.0.